The van der Waals surface area contributed by atoms with Crippen LogP contribution in [0, 0.1) is 20.8 Å². The lowest BCUT2D eigenvalue weighted by molar-refractivity contribution is 0.406. The van der Waals surface area contributed by atoms with E-state index in [2.05, 4.69) is 0 Å². The van der Waals surface area contributed by atoms with Gasteiger partial charge in [-0.25, -0.2) is 4.79 Å². The Morgan fingerprint density at radius 1 is 1.10 bits per heavy atom. The third-order valence-electron chi connectivity index (χ3n) is 3.97. The smallest absolute Gasteiger partial charge is 0.347 e. The average molecular weight is 286 g/mol. The molecule has 1 aromatic carbocycles. The van der Waals surface area contributed by atoms with E-state index in [0.29, 0.717) is 5.76 Å². The van der Waals surface area contributed by atoms with E-state index in [-0.39, 0.29) is 17.2 Å². The Morgan fingerprint density at radius 2 is 1.67 bits per heavy atom. The molecule has 0 aliphatic heterocycles. The molecule has 2 aromatic rings. The summed E-state index contributed by atoms with van der Waals surface area (Å²) in [7, 11) is 0. The van der Waals surface area contributed by atoms with Gasteiger partial charge in [0.15, 0.2) is 0 Å². The third-order valence-corrected chi connectivity index (χ3v) is 3.97. The molecular weight excluding hydrogens is 264 g/mol. The maximum absolute atomic E-state index is 12.3. The van der Waals surface area contributed by atoms with Gasteiger partial charge in [0.25, 0.3) is 0 Å². The van der Waals surface area contributed by atoms with E-state index in [1.807, 2.05) is 46.8 Å². The summed E-state index contributed by atoms with van der Waals surface area (Å²) in [6.07, 6.45) is 0.852. The van der Waals surface area contributed by atoms with Gasteiger partial charge in [-0.15, -0.1) is 0 Å². The van der Waals surface area contributed by atoms with Gasteiger partial charge in [0, 0.05) is 12.0 Å². The molecule has 1 heterocycles. The zero-order valence-electron chi connectivity index (χ0n) is 13.3. The predicted molar refractivity (Wildman–Crippen MR) is 85.0 cm³/mol. The van der Waals surface area contributed by atoms with E-state index in [1.165, 1.54) is 0 Å². The Morgan fingerprint density at radius 3 is 2.14 bits per heavy atom. The molecule has 0 aliphatic carbocycles. The van der Waals surface area contributed by atoms with Crippen molar-refractivity contribution in [3.63, 3.8) is 0 Å². The number of hydrogen-bond donors (Lipinski definition) is 1. The molecule has 0 aliphatic rings. The molecule has 0 fully saturated rings. The quantitative estimate of drug-likeness (QED) is 0.906. The molecule has 3 nitrogen and oxygen atoms in total. The fraction of sp³-hybridized carbons (Fsp3) is 0.389. The molecule has 2 rings (SSSR count). The first-order valence-electron chi connectivity index (χ1n) is 7.30. The highest BCUT2D eigenvalue weighted by Gasteiger charge is 2.19. The second-order valence-corrected chi connectivity index (χ2v) is 5.78. The van der Waals surface area contributed by atoms with E-state index in [0.717, 1.165) is 28.7 Å². The van der Waals surface area contributed by atoms with E-state index in [1.54, 1.807) is 6.07 Å². The summed E-state index contributed by atoms with van der Waals surface area (Å²) < 4.78 is 5.42. The van der Waals surface area contributed by atoms with Crippen molar-refractivity contribution >= 4 is 0 Å². The van der Waals surface area contributed by atoms with Crippen molar-refractivity contribution in [2.75, 3.05) is 0 Å². The SMILES string of the molecule is CCC(C)c1cc(O)c(-c2c(C)cc(C)cc2C)c(=O)o1. The van der Waals surface area contributed by atoms with E-state index >= 15 is 0 Å². The lowest BCUT2D eigenvalue weighted by atomic mass is 9.94. The molecule has 1 N–H and O–H groups in total. The van der Waals surface area contributed by atoms with Crippen LogP contribution in [0.4, 0.5) is 0 Å². The van der Waals surface area contributed by atoms with Crippen LogP contribution in [0.25, 0.3) is 11.1 Å². The highest BCUT2D eigenvalue weighted by atomic mass is 16.4. The maximum Gasteiger partial charge on any atom is 0.347 e. The highest BCUT2D eigenvalue weighted by molar-refractivity contribution is 5.75. The molecule has 0 saturated carbocycles. The fourth-order valence-corrected chi connectivity index (χ4v) is 2.75. The molecule has 0 bridgehead atoms. The number of aromatic hydroxyl groups is 1. The van der Waals surface area contributed by atoms with Gasteiger partial charge < -0.3 is 9.52 Å². The molecular formula is C18H22O3. The van der Waals surface area contributed by atoms with Crippen molar-refractivity contribution in [1.29, 1.82) is 0 Å². The van der Waals surface area contributed by atoms with Crippen molar-refractivity contribution in [1.82, 2.24) is 0 Å². The van der Waals surface area contributed by atoms with Gasteiger partial charge >= 0.3 is 5.63 Å². The van der Waals surface area contributed by atoms with Gasteiger partial charge in [0.2, 0.25) is 0 Å². The second kappa shape index (κ2) is 5.76. The minimum Gasteiger partial charge on any atom is -0.507 e. The Bertz CT molecular complexity index is 703. The van der Waals surface area contributed by atoms with E-state index in [4.69, 9.17) is 4.42 Å². The molecule has 0 spiro atoms. The number of aryl methyl sites for hydroxylation is 3. The molecule has 0 saturated heterocycles. The maximum atomic E-state index is 12.3. The molecule has 3 heteroatoms. The van der Waals surface area contributed by atoms with Crippen LogP contribution in [0.3, 0.4) is 0 Å². The van der Waals surface area contributed by atoms with Crippen LogP contribution in [0.1, 0.15) is 48.6 Å². The first-order chi connectivity index (χ1) is 9.85. The van der Waals surface area contributed by atoms with Crippen molar-refractivity contribution in [2.24, 2.45) is 0 Å². The van der Waals surface area contributed by atoms with Crippen molar-refractivity contribution < 1.29 is 9.52 Å². The van der Waals surface area contributed by atoms with Gasteiger partial charge in [-0.05, 0) is 43.9 Å². The number of benzene rings is 1. The normalized spacial score (nSPS) is 12.4. The second-order valence-electron chi connectivity index (χ2n) is 5.78. The molecule has 112 valence electrons. The lowest BCUT2D eigenvalue weighted by Gasteiger charge is -2.14. The van der Waals surface area contributed by atoms with Crippen LogP contribution in [0.15, 0.2) is 27.4 Å². The Balaban J connectivity index is 2.69. The summed E-state index contributed by atoms with van der Waals surface area (Å²) in [6.45, 7) is 9.88. The van der Waals surface area contributed by atoms with Crippen LogP contribution in [0.5, 0.6) is 5.75 Å². The number of hydrogen-bond acceptors (Lipinski definition) is 3. The third kappa shape index (κ3) is 2.87. The van der Waals surface area contributed by atoms with Crippen molar-refractivity contribution in [2.45, 2.75) is 47.0 Å². The summed E-state index contributed by atoms with van der Waals surface area (Å²) in [4.78, 5) is 12.3. The fourth-order valence-electron chi connectivity index (χ4n) is 2.75. The molecule has 21 heavy (non-hydrogen) atoms. The zero-order chi connectivity index (χ0) is 15.7. The van der Waals surface area contributed by atoms with E-state index in [9.17, 15) is 9.90 Å². The van der Waals surface area contributed by atoms with Crippen LogP contribution < -0.4 is 5.63 Å². The van der Waals surface area contributed by atoms with Gasteiger partial charge in [-0.2, -0.15) is 0 Å². The lowest BCUT2D eigenvalue weighted by Crippen LogP contribution is -2.08. The van der Waals surface area contributed by atoms with Crippen molar-refractivity contribution in [3.05, 3.63) is 51.1 Å². The summed E-state index contributed by atoms with van der Waals surface area (Å²) in [5.41, 5.74) is 3.62. The zero-order valence-corrected chi connectivity index (χ0v) is 13.3. The van der Waals surface area contributed by atoms with Crippen LogP contribution in [-0.2, 0) is 0 Å². The Labute approximate surface area is 125 Å². The average Bonchev–Trinajstić information content (AvgIpc) is 2.39. The monoisotopic (exact) mass is 286 g/mol. The number of rotatable bonds is 3. The molecule has 1 aromatic heterocycles. The molecule has 1 unspecified atom stereocenters. The summed E-state index contributed by atoms with van der Waals surface area (Å²) in [5.74, 6) is 0.639. The largest absolute Gasteiger partial charge is 0.507 e. The highest BCUT2D eigenvalue weighted by Crippen LogP contribution is 2.34. The summed E-state index contributed by atoms with van der Waals surface area (Å²) in [5, 5.41) is 10.3. The Kier molecular flexibility index (Phi) is 4.21. The van der Waals surface area contributed by atoms with Gasteiger partial charge in [0.05, 0.1) is 0 Å². The van der Waals surface area contributed by atoms with Crippen LogP contribution >= 0.6 is 0 Å². The van der Waals surface area contributed by atoms with Crippen LogP contribution in [0.2, 0.25) is 0 Å². The minimum atomic E-state index is -0.472. The van der Waals surface area contributed by atoms with Crippen molar-refractivity contribution in [3.8, 4) is 16.9 Å². The topological polar surface area (TPSA) is 50.4 Å². The summed E-state index contributed by atoms with van der Waals surface area (Å²) >= 11 is 0. The molecule has 0 radical (unpaired) electrons. The minimum absolute atomic E-state index is 0.00315. The van der Waals surface area contributed by atoms with Gasteiger partial charge in [-0.1, -0.05) is 31.5 Å². The van der Waals surface area contributed by atoms with Gasteiger partial charge in [0.1, 0.15) is 17.1 Å². The first kappa shape index (κ1) is 15.4. The first-order valence-corrected chi connectivity index (χ1v) is 7.30. The summed E-state index contributed by atoms with van der Waals surface area (Å²) in [6, 6.07) is 5.58. The molecule has 0 amide bonds. The standard InChI is InChI=1S/C18H22O3/c1-6-11(3)15-9-14(19)17(18(20)21-15)16-12(4)7-10(2)8-13(16)5/h7-9,11,19H,6H2,1-5H3. The van der Waals surface area contributed by atoms with Gasteiger partial charge in [-0.3, -0.25) is 0 Å². The van der Waals surface area contributed by atoms with Crippen LogP contribution in [-0.4, -0.2) is 5.11 Å². The predicted octanol–water partition coefficient (Wildman–Crippen LogP) is 4.45. The Hall–Kier alpha value is -2.03. The van der Waals surface area contributed by atoms with E-state index < -0.39 is 5.63 Å². The molecule has 1 atom stereocenters.